The Bertz CT molecular complexity index is 304. The van der Waals surface area contributed by atoms with Crippen LogP contribution < -0.4 is 0 Å². The minimum Gasteiger partial charge on any atom is -0.392 e. The first-order valence-corrected chi connectivity index (χ1v) is 9.81. The van der Waals surface area contributed by atoms with Gasteiger partial charge in [0.05, 0.1) is 6.10 Å². The molecular weight excluding hydrogens is 314 g/mol. The molecule has 0 amide bonds. The lowest BCUT2D eigenvalue weighted by atomic mass is 10.2. The van der Waals surface area contributed by atoms with Crippen molar-refractivity contribution in [1.82, 2.24) is 24.5 Å². The lowest BCUT2D eigenvalue weighted by molar-refractivity contribution is 0.111. The molecule has 0 aromatic rings. The summed E-state index contributed by atoms with van der Waals surface area (Å²) in [5, 5.41) is 9.86. The van der Waals surface area contributed by atoms with Crippen molar-refractivity contribution in [3.8, 4) is 0 Å². The molecule has 0 aliphatic carbocycles. The van der Waals surface area contributed by atoms with Gasteiger partial charge in [0.15, 0.2) is 0 Å². The second-order valence-corrected chi connectivity index (χ2v) is 7.92. The molecule has 1 unspecified atom stereocenters. The van der Waals surface area contributed by atoms with Gasteiger partial charge in [0.2, 0.25) is 0 Å². The Morgan fingerprint density at radius 2 is 0.960 bits per heavy atom. The number of likely N-dealkylation sites (N-methyl/N-ethyl adjacent to an activating group) is 5. The van der Waals surface area contributed by atoms with E-state index in [0.29, 0.717) is 0 Å². The van der Waals surface area contributed by atoms with Crippen molar-refractivity contribution in [3.05, 3.63) is 0 Å². The van der Waals surface area contributed by atoms with E-state index < -0.39 is 0 Å². The van der Waals surface area contributed by atoms with Gasteiger partial charge in [-0.1, -0.05) is 13.3 Å². The number of rotatable bonds is 16. The van der Waals surface area contributed by atoms with Crippen molar-refractivity contribution in [2.45, 2.75) is 25.9 Å². The minimum absolute atomic E-state index is 0.184. The first-order chi connectivity index (χ1) is 11.7. The third-order valence-corrected chi connectivity index (χ3v) is 4.66. The highest BCUT2D eigenvalue weighted by molar-refractivity contribution is 4.65. The van der Waals surface area contributed by atoms with E-state index >= 15 is 0 Å². The first kappa shape index (κ1) is 24.8. The van der Waals surface area contributed by atoms with Crippen LogP contribution in [0.4, 0.5) is 0 Å². The number of aliphatic hydroxyl groups excluding tert-OH is 1. The smallest absolute Gasteiger partial charge is 0.0666 e. The quantitative estimate of drug-likeness (QED) is 0.431. The lowest BCUT2D eigenvalue weighted by Crippen LogP contribution is -2.39. The molecule has 25 heavy (non-hydrogen) atoms. The summed E-state index contributed by atoms with van der Waals surface area (Å²) >= 11 is 0. The summed E-state index contributed by atoms with van der Waals surface area (Å²) in [7, 11) is 12.9. The number of nitrogens with zero attached hydrogens (tertiary/aromatic N) is 5. The van der Waals surface area contributed by atoms with E-state index in [1.54, 1.807) is 0 Å². The molecule has 0 aromatic heterocycles. The van der Waals surface area contributed by atoms with Crippen LogP contribution >= 0.6 is 0 Å². The fourth-order valence-corrected chi connectivity index (χ4v) is 2.61. The molecule has 0 saturated heterocycles. The predicted molar refractivity (Wildman–Crippen MR) is 109 cm³/mol. The molecule has 0 saturated carbocycles. The van der Waals surface area contributed by atoms with Crippen LogP contribution in [0.15, 0.2) is 0 Å². The summed E-state index contributed by atoms with van der Waals surface area (Å²) in [4.78, 5) is 11.7. The van der Waals surface area contributed by atoms with Gasteiger partial charge in [0.25, 0.3) is 0 Å². The zero-order chi connectivity index (χ0) is 19.2. The van der Waals surface area contributed by atoms with Crippen molar-refractivity contribution in [2.75, 3.05) is 101 Å². The third-order valence-electron chi connectivity index (χ3n) is 4.66. The summed E-state index contributed by atoms with van der Waals surface area (Å²) in [6.45, 7) is 11.6. The van der Waals surface area contributed by atoms with Gasteiger partial charge in [-0.2, -0.15) is 0 Å². The van der Waals surface area contributed by atoms with Crippen molar-refractivity contribution in [2.24, 2.45) is 0 Å². The summed E-state index contributed by atoms with van der Waals surface area (Å²) in [5.74, 6) is 0. The van der Waals surface area contributed by atoms with Gasteiger partial charge >= 0.3 is 0 Å². The second-order valence-electron chi connectivity index (χ2n) is 7.92. The molecule has 0 spiro atoms. The van der Waals surface area contributed by atoms with Crippen LogP contribution in [-0.4, -0.2) is 137 Å². The molecule has 152 valence electrons. The topological polar surface area (TPSA) is 36.4 Å². The highest BCUT2D eigenvalue weighted by Crippen LogP contribution is 1.98. The number of aliphatic hydroxyl groups is 1. The maximum Gasteiger partial charge on any atom is 0.0666 e. The number of hydrogen-bond donors (Lipinski definition) is 1. The Hall–Kier alpha value is -0.240. The van der Waals surface area contributed by atoms with E-state index in [4.69, 9.17) is 0 Å². The zero-order valence-electron chi connectivity index (χ0n) is 18.0. The summed E-state index contributed by atoms with van der Waals surface area (Å²) in [6.07, 6.45) is 1.76. The van der Waals surface area contributed by atoms with Crippen LogP contribution in [-0.2, 0) is 0 Å². The van der Waals surface area contributed by atoms with Gasteiger partial charge in [0.1, 0.15) is 0 Å². The molecule has 0 bridgehead atoms. The fraction of sp³-hybridized carbons (Fsp3) is 1.00. The number of hydrogen-bond acceptors (Lipinski definition) is 6. The molecule has 0 heterocycles. The molecule has 0 aliphatic rings. The van der Waals surface area contributed by atoms with Crippen molar-refractivity contribution >= 4 is 0 Å². The van der Waals surface area contributed by atoms with E-state index in [2.05, 4.69) is 73.7 Å². The van der Waals surface area contributed by atoms with E-state index in [-0.39, 0.29) is 6.10 Å². The van der Waals surface area contributed by atoms with Crippen molar-refractivity contribution < 1.29 is 5.11 Å². The molecule has 0 radical (unpaired) electrons. The third kappa shape index (κ3) is 15.7. The van der Waals surface area contributed by atoms with Gasteiger partial charge < -0.3 is 29.6 Å². The minimum atomic E-state index is -0.184. The Labute approximate surface area is 157 Å². The van der Waals surface area contributed by atoms with Gasteiger partial charge in [-0.25, -0.2) is 0 Å². The second kappa shape index (κ2) is 14.9. The predicted octanol–water partition coefficient (Wildman–Crippen LogP) is 0.436. The fourth-order valence-electron chi connectivity index (χ4n) is 2.61. The summed E-state index contributed by atoms with van der Waals surface area (Å²) < 4.78 is 0. The maximum absolute atomic E-state index is 9.86. The molecule has 0 rings (SSSR count). The van der Waals surface area contributed by atoms with Crippen molar-refractivity contribution in [3.63, 3.8) is 0 Å². The van der Waals surface area contributed by atoms with Crippen LogP contribution in [0.3, 0.4) is 0 Å². The van der Waals surface area contributed by atoms with Gasteiger partial charge in [-0.3, -0.25) is 0 Å². The van der Waals surface area contributed by atoms with Crippen molar-refractivity contribution in [1.29, 1.82) is 0 Å². The Morgan fingerprint density at radius 3 is 1.32 bits per heavy atom. The molecule has 0 aliphatic heterocycles. The highest BCUT2D eigenvalue weighted by Gasteiger charge is 2.09. The summed E-state index contributed by atoms with van der Waals surface area (Å²) in [5.41, 5.74) is 0. The average Bonchev–Trinajstić information content (AvgIpc) is 2.54. The van der Waals surface area contributed by atoms with Gasteiger partial charge in [-0.05, 0) is 48.7 Å². The lowest BCUT2D eigenvalue weighted by Gasteiger charge is -2.26. The van der Waals surface area contributed by atoms with Crippen LogP contribution in [0.5, 0.6) is 0 Å². The van der Waals surface area contributed by atoms with Crippen LogP contribution in [0.25, 0.3) is 0 Å². The van der Waals surface area contributed by atoms with Gasteiger partial charge in [0, 0.05) is 58.9 Å². The van der Waals surface area contributed by atoms with Gasteiger partial charge in [-0.15, -0.1) is 0 Å². The normalized spacial score (nSPS) is 13.8. The van der Waals surface area contributed by atoms with Crippen LogP contribution in [0, 0.1) is 0 Å². The Balaban J connectivity index is 3.74. The Kier molecular flexibility index (Phi) is 14.7. The van der Waals surface area contributed by atoms with Crippen LogP contribution in [0.1, 0.15) is 19.8 Å². The first-order valence-electron chi connectivity index (χ1n) is 9.81. The summed E-state index contributed by atoms with van der Waals surface area (Å²) in [6, 6.07) is 0. The Morgan fingerprint density at radius 1 is 0.600 bits per heavy atom. The van der Waals surface area contributed by atoms with Crippen LogP contribution in [0.2, 0.25) is 0 Å². The molecule has 0 aromatic carbocycles. The highest BCUT2D eigenvalue weighted by atomic mass is 16.3. The SMILES string of the molecule is CCCC(O)CN(C)CCN(C)CCN(C)CCN(C)CCN(C)C. The average molecular weight is 360 g/mol. The monoisotopic (exact) mass is 359 g/mol. The molecule has 6 nitrogen and oxygen atoms in total. The van der Waals surface area contributed by atoms with E-state index in [0.717, 1.165) is 71.7 Å². The van der Waals surface area contributed by atoms with E-state index in [1.165, 1.54) is 0 Å². The standard InChI is InChI=1S/C19H45N5O/c1-8-9-19(25)18-24(7)17-16-23(6)15-14-22(5)13-12-21(4)11-10-20(2)3/h19,25H,8-18H2,1-7H3. The largest absolute Gasteiger partial charge is 0.392 e. The van der Waals surface area contributed by atoms with E-state index in [1.807, 2.05) is 0 Å². The molecule has 6 heteroatoms. The molecule has 1 N–H and O–H groups in total. The molecular formula is C19H45N5O. The maximum atomic E-state index is 9.86. The molecule has 0 fully saturated rings. The molecule has 1 atom stereocenters. The van der Waals surface area contributed by atoms with E-state index in [9.17, 15) is 5.11 Å². The zero-order valence-corrected chi connectivity index (χ0v) is 18.0.